The van der Waals surface area contributed by atoms with E-state index in [0.717, 1.165) is 38.3 Å². The van der Waals surface area contributed by atoms with E-state index >= 15 is 0 Å². The van der Waals surface area contributed by atoms with Gasteiger partial charge in [0.25, 0.3) is 0 Å². The lowest BCUT2D eigenvalue weighted by Gasteiger charge is -2.10. The molecular formula is C16H12OS. The van der Waals surface area contributed by atoms with Crippen LogP contribution in [0.25, 0.3) is 21.5 Å². The molecule has 3 aromatic rings. The van der Waals surface area contributed by atoms with Crippen molar-refractivity contribution < 1.29 is 4.79 Å². The number of hydrogen-bond acceptors (Lipinski definition) is 2. The van der Waals surface area contributed by atoms with Gasteiger partial charge in [0.05, 0.1) is 0 Å². The van der Waals surface area contributed by atoms with E-state index in [1.807, 2.05) is 36.6 Å². The number of aldehydes is 1. The molecule has 0 bridgehead atoms. The molecule has 0 saturated heterocycles. The van der Waals surface area contributed by atoms with Gasteiger partial charge in [-0.05, 0) is 34.5 Å². The molecule has 0 spiro atoms. The molecule has 0 aliphatic heterocycles. The van der Waals surface area contributed by atoms with Crippen molar-refractivity contribution in [1.29, 1.82) is 0 Å². The SMILES string of the molecule is CSc1cccc2cc3ccccc3c(C=O)c12. The van der Waals surface area contributed by atoms with Gasteiger partial charge in [-0.15, -0.1) is 11.8 Å². The van der Waals surface area contributed by atoms with Gasteiger partial charge in [0.15, 0.2) is 6.29 Å². The second-order valence-corrected chi connectivity index (χ2v) is 5.04. The van der Waals surface area contributed by atoms with Crippen LogP contribution in [0.3, 0.4) is 0 Å². The summed E-state index contributed by atoms with van der Waals surface area (Å²) in [4.78, 5) is 12.6. The van der Waals surface area contributed by atoms with Gasteiger partial charge < -0.3 is 0 Å². The van der Waals surface area contributed by atoms with Crippen molar-refractivity contribution in [2.75, 3.05) is 6.26 Å². The van der Waals surface area contributed by atoms with Gasteiger partial charge >= 0.3 is 0 Å². The molecule has 0 amide bonds. The third-order valence-electron chi connectivity index (χ3n) is 3.23. The van der Waals surface area contributed by atoms with E-state index in [-0.39, 0.29) is 0 Å². The Bertz CT molecular complexity index is 747. The van der Waals surface area contributed by atoms with Gasteiger partial charge in [0.1, 0.15) is 0 Å². The van der Waals surface area contributed by atoms with E-state index in [0.29, 0.717) is 0 Å². The number of rotatable bonds is 2. The fraction of sp³-hybridized carbons (Fsp3) is 0.0625. The van der Waals surface area contributed by atoms with Gasteiger partial charge in [-0.25, -0.2) is 0 Å². The van der Waals surface area contributed by atoms with E-state index in [2.05, 4.69) is 18.2 Å². The maximum Gasteiger partial charge on any atom is 0.151 e. The normalized spacial score (nSPS) is 10.9. The van der Waals surface area contributed by atoms with Crippen LogP contribution >= 0.6 is 11.8 Å². The van der Waals surface area contributed by atoms with Crippen molar-refractivity contribution in [1.82, 2.24) is 0 Å². The van der Waals surface area contributed by atoms with Crippen LogP contribution in [-0.2, 0) is 0 Å². The van der Waals surface area contributed by atoms with Crippen LogP contribution in [-0.4, -0.2) is 12.5 Å². The molecule has 0 atom stereocenters. The first-order valence-electron chi connectivity index (χ1n) is 5.79. The number of fused-ring (bicyclic) bond motifs is 2. The number of thioether (sulfide) groups is 1. The van der Waals surface area contributed by atoms with Crippen molar-refractivity contribution in [3.63, 3.8) is 0 Å². The predicted octanol–water partition coefficient (Wildman–Crippen LogP) is 4.53. The standard InChI is InChI=1S/C16H12OS/c1-18-15-8-4-6-12-9-11-5-2-3-7-13(11)14(10-17)16(12)15/h2-10H,1H3. The summed E-state index contributed by atoms with van der Waals surface area (Å²) in [7, 11) is 0. The molecule has 2 heteroatoms. The van der Waals surface area contributed by atoms with Crippen molar-refractivity contribution in [3.8, 4) is 0 Å². The largest absolute Gasteiger partial charge is 0.298 e. The third kappa shape index (κ3) is 1.61. The first-order valence-corrected chi connectivity index (χ1v) is 7.01. The number of hydrogen-bond donors (Lipinski definition) is 0. The highest BCUT2D eigenvalue weighted by molar-refractivity contribution is 7.98. The summed E-state index contributed by atoms with van der Waals surface area (Å²) in [6, 6.07) is 16.4. The second kappa shape index (κ2) is 4.46. The number of benzene rings is 3. The van der Waals surface area contributed by atoms with Crippen LogP contribution < -0.4 is 0 Å². The Kier molecular flexibility index (Phi) is 2.80. The Morgan fingerprint density at radius 3 is 2.56 bits per heavy atom. The average molecular weight is 252 g/mol. The monoisotopic (exact) mass is 252 g/mol. The summed E-state index contributed by atoms with van der Waals surface area (Å²) >= 11 is 1.68. The summed E-state index contributed by atoms with van der Waals surface area (Å²) in [6.07, 6.45) is 3.02. The van der Waals surface area contributed by atoms with Gasteiger partial charge in [0, 0.05) is 15.8 Å². The summed E-state index contributed by atoms with van der Waals surface area (Å²) in [5.41, 5.74) is 0.799. The third-order valence-corrected chi connectivity index (χ3v) is 4.01. The molecule has 3 rings (SSSR count). The first-order chi connectivity index (χ1) is 8.85. The molecule has 0 fully saturated rings. The Morgan fingerprint density at radius 2 is 1.78 bits per heavy atom. The molecule has 0 aliphatic rings. The van der Waals surface area contributed by atoms with Gasteiger partial charge in [0.2, 0.25) is 0 Å². The Balaban J connectivity index is 2.59. The van der Waals surface area contributed by atoms with Crippen LogP contribution in [0.5, 0.6) is 0 Å². The van der Waals surface area contributed by atoms with E-state index in [4.69, 9.17) is 0 Å². The van der Waals surface area contributed by atoms with Crippen LogP contribution in [0, 0.1) is 0 Å². The van der Waals surface area contributed by atoms with E-state index in [9.17, 15) is 4.79 Å². The van der Waals surface area contributed by atoms with E-state index < -0.39 is 0 Å². The van der Waals surface area contributed by atoms with Crippen LogP contribution in [0.2, 0.25) is 0 Å². The molecule has 3 aromatic carbocycles. The highest BCUT2D eigenvalue weighted by Crippen LogP contribution is 2.33. The minimum absolute atomic E-state index is 0.799. The minimum Gasteiger partial charge on any atom is -0.298 e. The lowest BCUT2D eigenvalue weighted by Crippen LogP contribution is -1.89. The maximum atomic E-state index is 11.5. The number of carbonyl (C=O) groups is 1. The second-order valence-electron chi connectivity index (χ2n) is 4.19. The first kappa shape index (κ1) is 11.3. The van der Waals surface area contributed by atoms with Crippen LogP contribution in [0.4, 0.5) is 0 Å². The van der Waals surface area contributed by atoms with Crippen LogP contribution in [0.1, 0.15) is 10.4 Å². The highest BCUT2D eigenvalue weighted by Gasteiger charge is 2.09. The molecule has 0 unspecified atom stereocenters. The predicted molar refractivity (Wildman–Crippen MR) is 78.6 cm³/mol. The van der Waals surface area contributed by atoms with Gasteiger partial charge in [-0.2, -0.15) is 0 Å². The van der Waals surface area contributed by atoms with E-state index in [1.54, 1.807) is 11.8 Å². The average Bonchev–Trinajstić information content (AvgIpc) is 2.44. The number of carbonyl (C=O) groups excluding carboxylic acids is 1. The summed E-state index contributed by atoms with van der Waals surface area (Å²) < 4.78 is 0. The summed E-state index contributed by atoms with van der Waals surface area (Å²) in [5, 5.41) is 4.34. The summed E-state index contributed by atoms with van der Waals surface area (Å²) in [6.45, 7) is 0. The van der Waals surface area contributed by atoms with Crippen molar-refractivity contribution in [2.24, 2.45) is 0 Å². The Labute approximate surface area is 110 Å². The zero-order chi connectivity index (χ0) is 12.5. The molecule has 88 valence electrons. The molecule has 0 aromatic heterocycles. The zero-order valence-corrected chi connectivity index (χ0v) is 10.8. The van der Waals surface area contributed by atoms with Crippen molar-refractivity contribution in [2.45, 2.75) is 4.90 Å². The molecule has 1 nitrogen and oxygen atoms in total. The van der Waals surface area contributed by atoms with E-state index in [1.165, 1.54) is 0 Å². The molecule has 0 heterocycles. The van der Waals surface area contributed by atoms with Crippen molar-refractivity contribution >= 4 is 39.6 Å². The van der Waals surface area contributed by atoms with Crippen LogP contribution in [0.15, 0.2) is 53.4 Å². The smallest absolute Gasteiger partial charge is 0.151 e. The minimum atomic E-state index is 0.799. The van der Waals surface area contributed by atoms with Gasteiger partial charge in [-0.1, -0.05) is 36.4 Å². The molecular weight excluding hydrogens is 240 g/mol. The molecule has 0 radical (unpaired) electrons. The summed E-state index contributed by atoms with van der Waals surface area (Å²) in [5.74, 6) is 0. The Hall–Kier alpha value is -1.80. The fourth-order valence-corrected chi connectivity index (χ4v) is 3.07. The lowest BCUT2D eigenvalue weighted by atomic mass is 9.97. The maximum absolute atomic E-state index is 11.5. The lowest BCUT2D eigenvalue weighted by molar-refractivity contribution is 0.112. The van der Waals surface area contributed by atoms with Crippen molar-refractivity contribution in [3.05, 3.63) is 54.1 Å². The molecule has 0 saturated carbocycles. The molecule has 0 N–H and O–H groups in total. The quantitative estimate of drug-likeness (QED) is 0.379. The Morgan fingerprint density at radius 1 is 1.00 bits per heavy atom. The molecule has 0 aliphatic carbocycles. The zero-order valence-electron chi connectivity index (χ0n) is 10.0. The van der Waals surface area contributed by atoms with Gasteiger partial charge in [-0.3, -0.25) is 4.79 Å². The molecule has 18 heavy (non-hydrogen) atoms. The topological polar surface area (TPSA) is 17.1 Å². The fourth-order valence-electron chi connectivity index (χ4n) is 2.42. The highest BCUT2D eigenvalue weighted by atomic mass is 32.2.